The van der Waals surface area contributed by atoms with E-state index in [1.165, 1.54) is 11.1 Å². The first kappa shape index (κ1) is 22.2. The molecule has 5 heteroatoms. The average molecular weight is 503 g/mol. The second kappa shape index (κ2) is 7.46. The van der Waals surface area contributed by atoms with Gasteiger partial charge in [0.25, 0.3) is 5.92 Å². The van der Waals surface area contributed by atoms with E-state index in [2.05, 4.69) is 34.6 Å². The van der Waals surface area contributed by atoms with E-state index < -0.39 is 16.9 Å². The van der Waals surface area contributed by atoms with Crippen LogP contribution in [0, 0.1) is 17.3 Å². The van der Waals surface area contributed by atoms with Crippen molar-refractivity contribution in [3.05, 3.63) is 69.8 Å². The molecule has 1 aromatic rings. The maximum atomic E-state index is 15.1. The molecule has 2 fully saturated rings. The molecule has 0 spiro atoms. The normalized spacial score (nSPS) is 36.8. The van der Waals surface area contributed by atoms with Crippen molar-refractivity contribution in [1.29, 1.82) is 0 Å². The van der Waals surface area contributed by atoms with Gasteiger partial charge in [0, 0.05) is 22.2 Å². The van der Waals surface area contributed by atoms with E-state index in [-0.39, 0.29) is 30.0 Å². The highest BCUT2D eigenvalue weighted by molar-refractivity contribution is 9.10. The third-order valence-electron chi connectivity index (χ3n) is 8.97. The molecule has 2 saturated carbocycles. The van der Waals surface area contributed by atoms with Gasteiger partial charge in [-0.05, 0) is 91.4 Å². The molecule has 1 aromatic carbocycles. The zero-order valence-corrected chi connectivity index (χ0v) is 19.9. The summed E-state index contributed by atoms with van der Waals surface area (Å²) in [5.41, 5.74) is 1.82. The Morgan fingerprint density at radius 1 is 1.19 bits per heavy atom. The van der Waals surface area contributed by atoms with Crippen LogP contribution >= 0.6 is 15.9 Å². The Kier molecular flexibility index (Phi) is 5.18. The Balaban J connectivity index is 1.70. The minimum absolute atomic E-state index is 0.00768. The Morgan fingerprint density at radius 2 is 1.91 bits per heavy atom. The molecule has 0 amide bonds. The molecular weight excluding hydrogens is 474 g/mol. The van der Waals surface area contributed by atoms with Gasteiger partial charge in [0.05, 0.1) is 0 Å². The van der Waals surface area contributed by atoms with Crippen molar-refractivity contribution >= 4 is 21.7 Å². The van der Waals surface area contributed by atoms with Crippen LogP contribution in [-0.4, -0.2) is 22.4 Å². The lowest BCUT2D eigenvalue weighted by Gasteiger charge is -2.55. The van der Waals surface area contributed by atoms with Gasteiger partial charge in [0.15, 0.2) is 5.78 Å². The molecule has 170 valence electrons. The molecule has 0 aromatic heterocycles. The second-order valence-corrected chi connectivity index (χ2v) is 11.2. The number of ketones is 1. The number of allylic oxidation sites excluding steroid dienone is 4. The minimum atomic E-state index is -3.34. The lowest BCUT2D eigenvalue weighted by molar-refractivity contribution is -0.213. The van der Waals surface area contributed by atoms with Crippen LogP contribution in [0.5, 0.6) is 0 Å². The summed E-state index contributed by atoms with van der Waals surface area (Å²) < 4.78 is 31.3. The summed E-state index contributed by atoms with van der Waals surface area (Å²) >= 11 is 3.50. The van der Waals surface area contributed by atoms with Crippen LogP contribution in [-0.2, 0) is 4.79 Å². The number of alkyl halides is 2. The summed E-state index contributed by atoms with van der Waals surface area (Å²) in [5, 5.41) is 11.5. The highest BCUT2D eigenvalue weighted by Crippen LogP contribution is 2.69. The molecule has 0 radical (unpaired) electrons. The molecule has 4 aliphatic carbocycles. The Labute approximate surface area is 196 Å². The van der Waals surface area contributed by atoms with Crippen molar-refractivity contribution in [3.63, 3.8) is 0 Å². The summed E-state index contributed by atoms with van der Waals surface area (Å²) in [6.07, 6.45) is 6.50. The van der Waals surface area contributed by atoms with Crippen molar-refractivity contribution in [3.8, 4) is 0 Å². The molecule has 1 N–H and O–H groups in total. The highest BCUT2D eigenvalue weighted by atomic mass is 79.9. The Morgan fingerprint density at radius 3 is 2.59 bits per heavy atom. The number of carbonyl (C=O) groups is 1. The maximum Gasteiger partial charge on any atom is 0.294 e. The van der Waals surface area contributed by atoms with Crippen LogP contribution < -0.4 is 0 Å². The van der Waals surface area contributed by atoms with Crippen molar-refractivity contribution in [2.75, 3.05) is 0 Å². The van der Waals surface area contributed by atoms with Crippen LogP contribution in [0.15, 0.2) is 64.2 Å². The highest BCUT2D eigenvalue weighted by Gasteiger charge is 2.70. The Hall–Kier alpha value is -1.59. The average Bonchev–Trinajstić information content (AvgIpc) is 3.05. The molecule has 0 unspecified atom stereocenters. The molecule has 2 nitrogen and oxygen atoms in total. The van der Waals surface area contributed by atoms with E-state index in [1.807, 2.05) is 25.1 Å². The predicted octanol–water partition coefficient (Wildman–Crippen LogP) is 6.90. The fraction of sp³-hybridized carbons (Fsp3) is 0.519. The lowest BCUT2D eigenvalue weighted by Crippen LogP contribution is -2.59. The van der Waals surface area contributed by atoms with Crippen molar-refractivity contribution in [1.82, 2.24) is 0 Å². The van der Waals surface area contributed by atoms with E-state index in [0.717, 1.165) is 34.9 Å². The minimum Gasteiger partial charge on any atom is -0.383 e. The maximum absolute atomic E-state index is 15.1. The molecule has 5 rings (SSSR count). The zero-order valence-electron chi connectivity index (χ0n) is 18.3. The van der Waals surface area contributed by atoms with Crippen LogP contribution in [0.1, 0.15) is 63.4 Å². The van der Waals surface area contributed by atoms with Crippen molar-refractivity contribution in [2.45, 2.75) is 69.3 Å². The number of aliphatic hydroxyl groups is 1. The van der Waals surface area contributed by atoms with Gasteiger partial charge in [-0.15, -0.1) is 0 Å². The molecule has 5 atom stereocenters. The monoisotopic (exact) mass is 502 g/mol. The number of benzene rings is 1. The Bertz CT molecular complexity index is 1040. The number of carbonyl (C=O) groups excluding carboxylic acids is 1. The molecule has 4 aliphatic rings. The summed E-state index contributed by atoms with van der Waals surface area (Å²) in [6.45, 7) is 5.24. The smallest absolute Gasteiger partial charge is 0.294 e. The summed E-state index contributed by atoms with van der Waals surface area (Å²) in [5.74, 6) is -3.07. The van der Waals surface area contributed by atoms with E-state index in [4.69, 9.17) is 0 Å². The molecule has 0 aliphatic heterocycles. The van der Waals surface area contributed by atoms with Gasteiger partial charge >= 0.3 is 0 Å². The summed E-state index contributed by atoms with van der Waals surface area (Å²) in [7, 11) is 0. The molecule has 0 saturated heterocycles. The first-order chi connectivity index (χ1) is 15.1. The fourth-order valence-electron chi connectivity index (χ4n) is 7.38. The lowest BCUT2D eigenvalue weighted by atomic mass is 9.50. The van der Waals surface area contributed by atoms with Gasteiger partial charge < -0.3 is 5.11 Å². The number of hydrogen-bond donors (Lipinski definition) is 1. The van der Waals surface area contributed by atoms with Gasteiger partial charge in [0.2, 0.25) is 0 Å². The van der Waals surface area contributed by atoms with E-state index in [1.54, 1.807) is 0 Å². The van der Waals surface area contributed by atoms with Gasteiger partial charge in [-0.3, -0.25) is 4.79 Å². The zero-order chi connectivity index (χ0) is 22.9. The molecule has 0 heterocycles. The summed E-state index contributed by atoms with van der Waals surface area (Å²) in [4.78, 5) is 12.1. The number of fused-ring (bicyclic) bond motifs is 4. The fourth-order valence-corrected chi connectivity index (χ4v) is 7.64. The van der Waals surface area contributed by atoms with Crippen LogP contribution in [0.2, 0.25) is 0 Å². The van der Waals surface area contributed by atoms with Gasteiger partial charge in [0.1, 0.15) is 5.60 Å². The van der Waals surface area contributed by atoms with E-state index in [9.17, 15) is 9.90 Å². The van der Waals surface area contributed by atoms with Crippen molar-refractivity contribution in [2.24, 2.45) is 17.3 Å². The van der Waals surface area contributed by atoms with Crippen LogP contribution in [0.3, 0.4) is 0 Å². The predicted molar refractivity (Wildman–Crippen MR) is 124 cm³/mol. The van der Waals surface area contributed by atoms with Crippen LogP contribution in [0.4, 0.5) is 8.78 Å². The summed E-state index contributed by atoms with van der Waals surface area (Å²) in [6, 6.07) is 8.11. The van der Waals surface area contributed by atoms with Crippen molar-refractivity contribution < 1.29 is 18.7 Å². The molecule has 32 heavy (non-hydrogen) atoms. The standard InChI is InChI=1S/C27H29BrF2O2/c1-3-27(29,30)26(32)13-12-23-21-10-6-17-14-19(31)9-11-20(17)24(21)22(15-25(23,26)2)16-4-7-18(28)8-5-16/h3-5,7-8,14,21-23,32H,1,6,9-13,15H2,2H3/t21-,22+,23-,25-,26-/m0/s1. The van der Waals surface area contributed by atoms with Gasteiger partial charge in [-0.25, -0.2) is 0 Å². The first-order valence-corrected chi connectivity index (χ1v) is 12.4. The van der Waals surface area contributed by atoms with E-state index in [0.29, 0.717) is 25.3 Å². The third-order valence-corrected chi connectivity index (χ3v) is 9.50. The van der Waals surface area contributed by atoms with Gasteiger partial charge in [-0.2, -0.15) is 8.78 Å². The third kappa shape index (κ3) is 3.00. The van der Waals surface area contributed by atoms with Gasteiger partial charge in [-0.1, -0.05) is 47.1 Å². The topological polar surface area (TPSA) is 37.3 Å². The second-order valence-electron chi connectivity index (χ2n) is 10.3. The number of rotatable bonds is 3. The number of hydrogen-bond acceptors (Lipinski definition) is 2. The molecular formula is C27H29BrF2O2. The molecule has 0 bridgehead atoms. The SMILES string of the molecule is C=CC(F)(F)[C@]1(O)CC[C@H]2[C@@H]3CCC4=CC(=O)CCC4=C3[C@@H](c3ccc(Br)cc3)C[C@@]21C. The number of halogens is 3. The quantitative estimate of drug-likeness (QED) is 0.456. The van der Waals surface area contributed by atoms with E-state index >= 15 is 8.78 Å². The first-order valence-electron chi connectivity index (χ1n) is 11.6. The largest absolute Gasteiger partial charge is 0.383 e. The van der Waals surface area contributed by atoms with Crippen LogP contribution in [0.25, 0.3) is 0 Å².